The number of nitrogens with zero attached hydrogens (tertiary/aromatic N) is 4. The highest BCUT2D eigenvalue weighted by molar-refractivity contribution is 6.09. The summed E-state index contributed by atoms with van der Waals surface area (Å²) in [5, 5.41) is 2.13. The molecule has 5 aromatic rings. The SMILES string of the molecule is Cc1ccc2c(n1)oc1c(N3c4nccnc4CCC(Cc4ccccc4)[C@@H]3C)c(C)ccc12. The van der Waals surface area contributed by atoms with Crippen molar-refractivity contribution >= 4 is 33.6 Å². The molecule has 0 bridgehead atoms. The van der Waals surface area contributed by atoms with Gasteiger partial charge in [0.05, 0.1) is 11.4 Å². The lowest BCUT2D eigenvalue weighted by Gasteiger charge is -2.35. The van der Waals surface area contributed by atoms with Gasteiger partial charge < -0.3 is 9.32 Å². The fourth-order valence-electron chi connectivity index (χ4n) is 5.40. The standard InChI is InChI=1S/C29H28N4O/c1-18-9-12-23-24-13-10-19(2)32-29(24)34-27(23)26(18)33-20(3)22(17-21-7-5-4-6-8-21)11-14-25-28(33)31-16-15-30-25/h4-10,12-13,15-16,20,22H,11,14,17H2,1-3H3/t20-,22?/m0/s1. The zero-order valence-electron chi connectivity index (χ0n) is 19.8. The molecule has 2 aromatic carbocycles. The van der Waals surface area contributed by atoms with Gasteiger partial charge in [-0.1, -0.05) is 42.5 Å². The van der Waals surface area contributed by atoms with Crippen molar-refractivity contribution in [1.82, 2.24) is 15.0 Å². The van der Waals surface area contributed by atoms with Crippen molar-refractivity contribution in [2.45, 2.75) is 46.1 Å². The van der Waals surface area contributed by atoms with E-state index in [4.69, 9.17) is 14.4 Å². The second kappa shape index (κ2) is 8.24. The fraction of sp³-hybridized carbons (Fsp3) is 0.276. The Labute approximate surface area is 199 Å². The van der Waals surface area contributed by atoms with Gasteiger partial charge in [0.2, 0.25) is 5.71 Å². The summed E-state index contributed by atoms with van der Waals surface area (Å²) in [5.74, 6) is 1.38. The number of rotatable bonds is 3. The number of pyridine rings is 1. The van der Waals surface area contributed by atoms with Crippen LogP contribution in [0.3, 0.4) is 0 Å². The molecule has 170 valence electrons. The van der Waals surface area contributed by atoms with Crippen molar-refractivity contribution in [3.63, 3.8) is 0 Å². The van der Waals surface area contributed by atoms with Crippen molar-refractivity contribution in [2.75, 3.05) is 4.90 Å². The highest BCUT2D eigenvalue weighted by Gasteiger charge is 2.34. The predicted molar refractivity (Wildman–Crippen MR) is 137 cm³/mol. The molecule has 5 nitrogen and oxygen atoms in total. The van der Waals surface area contributed by atoms with Gasteiger partial charge in [0.1, 0.15) is 0 Å². The van der Waals surface area contributed by atoms with Crippen LogP contribution in [0.1, 0.15) is 35.9 Å². The third-order valence-corrected chi connectivity index (χ3v) is 7.22. The molecule has 0 N–H and O–H groups in total. The van der Waals surface area contributed by atoms with Crippen LogP contribution in [-0.2, 0) is 12.8 Å². The van der Waals surface area contributed by atoms with Crippen LogP contribution in [0.25, 0.3) is 22.1 Å². The van der Waals surface area contributed by atoms with Crippen LogP contribution in [0.5, 0.6) is 0 Å². The van der Waals surface area contributed by atoms with Crippen LogP contribution >= 0.6 is 0 Å². The molecule has 6 rings (SSSR count). The average molecular weight is 449 g/mol. The maximum Gasteiger partial charge on any atom is 0.227 e. The molecule has 0 spiro atoms. The highest BCUT2D eigenvalue weighted by Crippen LogP contribution is 2.44. The maximum absolute atomic E-state index is 6.46. The summed E-state index contributed by atoms with van der Waals surface area (Å²) >= 11 is 0. The lowest BCUT2D eigenvalue weighted by Crippen LogP contribution is -2.36. The van der Waals surface area contributed by atoms with Crippen molar-refractivity contribution in [2.24, 2.45) is 5.92 Å². The van der Waals surface area contributed by atoms with Crippen molar-refractivity contribution < 1.29 is 4.42 Å². The normalized spacial score (nSPS) is 18.3. The quantitative estimate of drug-likeness (QED) is 0.307. The first-order valence-corrected chi connectivity index (χ1v) is 12.0. The van der Waals surface area contributed by atoms with E-state index in [2.05, 4.69) is 72.3 Å². The second-order valence-electron chi connectivity index (χ2n) is 9.44. The molecule has 0 saturated heterocycles. The van der Waals surface area contributed by atoms with Gasteiger partial charge in [-0.2, -0.15) is 0 Å². The maximum atomic E-state index is 6.46. The molecule has 0 fully saturated rings. The van der Waals surface area contributed by atoms with E-state index >= 15 is 0 Å². The number of benzene rings is 2. The number of aryl methyl sites for hydroxylation is 3. The van der Waals surface area contributed by atoms with Crippen LogP contribution in [0.15, 0.2) is 71.4 Å². The minimum Gasteiger partial charge on any atom is -0.435 e. The number of hydrogen-bond acceptors (Lipinski definition) is 5. The molecule has 3 aromatic heterocycles. The molecule has 0 radical (unpaired) electrons. The van der Waals surface area contributed by atoms with Crippen molar-refractivity contribution in [3.8, 4) is 0 Å². The van der Waals surface area contributed by atoms with Crippen LogP contribution in [0.2, 0.25) is 0 Å². The predicted octanol–water partition coefficient (Wildman–Crippen LogP) is 6.72. The minimum atomic E-state index is 0.213. The Morgan fingerprint density at radius 3 is 2.59 bits per heavy atom. The summed E-state index contributed by atoms with van der Waals surface area (Å²) in [5.41, 5.74) is 7.15. The Kier molecular flexibility index (Phi) is 5.05. The molecule has 0 aliphatic carbocycles. The number of fused-ring (bicyclic) bond motifs is 4. The first-order chi connectivity index (χ1) is 16.6. The Morgan fingerprint density at radius 2 is 1.74 bits per heavy atom. The molecular weight excluding hydrogens is 420 g/mol. The summed E-state index contributed by atoms with van der Waals surface area (Å²) in [7, 11) is 0. The van der Waals surface area contributed by atoms with Crippen molar-refractivity contribution in [3.05, 3.63) is 89.5 Å². The molecule has 2 atom stereocenters. The number of hydrogen-bond donors (Lipinski definition) is 0. The summed E-state index contributed by atoms with van der Waals surface area (Å²) < 4.78 is 6.46. The minimum absolute atomic E-state index is 0.213. The largest absolute Gasteiger partial charge is 0.435 e. The third-order valence-electron chi connectivity index (χ3n) is 7.22. The molecule has 0 saturated carbocycles. The van der Waals surface area contributed by atoms with E-state index in [1.165, 1.54) is 5.56 Å². The molecule has 0 amide bonds. The van der Waals surface area contributed by atoms with E-state index in [0.717, 1.165) is 64.1 Å². The Morgan fingerprint density at radius 1 is 0.941 bits per heavy atom. The number of furan rings is 1. The molecule has 1 aliphatic rings. The summed E-state index contributed by atoms with van der Waals surface area (Å²) in [6, 6.07) is 19.5. The average Bonchev–Trinajstić information content (AvgIpc) is 3.15. The summed E-state index contributed by atoms with van der Waals surface area (Å²) in [4.78, 5) is 16.7. The van der Waals surface area contributed by atoms with E-state index in [9.17, 15) is 0 Å². The van der Waals surface area contributed by atoms with Crippen LogP contribution in [-0.4, -0.2) is 21.0 Å². The van der Waals surface area contributed by atoms with Crippen LogP contribution in [0, 0.1) is 19.8 Å². The van der Waals surface area contributed by atoms with Gasteiger partial charge in [0, 0.05) is 34.9 Å². The van der Waals surface area contributed by atoms with E-state index in [-0.39, 0.29) is 6.04 Å². The van der Waals surface area contributed by atoms with Gasteiger partial charge in [-0.3, -0.25) is 4.98 Å². The summed E-state index contributed by atoms with van der Waals surface area (Å²) in [6.45, 7) is 6.47. The first kappa shape index (κ1) is 20.8. The third kappa shape index (κ3) is 3.43. The van der Waals surface area contributed by atoms with E-state index in [0.29, 0.717) is 11.6 Å². The highest BCUT2D eigenvalue weighted by atomic mass is 16.3. The first-order valence-electron chi connectivity index (χ1n) is 12.0. The van der Waals surface area contributed by atoms with Gasteiger partial charge in [0.25, 0.3) is 0 Å². The number of anilines is 2. The van der Waals surface area contributed by atoms with Gasteiger partial charge >= 0.3 is 0 Å². The molecule has 1 unspecified atom stereocenters. The number of aromatic nitrogens is 3. The Bertz CT molecular complexity index is 1490. The van der Waals surface area contributed by atoms with Gasteiger partial charge in [0.15, 0.2) is 11.4 Å². The molecule has 1 aliphatic heterocycles. The van der Waals surface area contributed by atoms with Gasteiger partial charge in [-0.05, 0) is 69.2 Å². The Hall–Kier alpha value is -3.73. The zero-order valence-corrected chi connectivity index (χ0v) is 19.8. The van der Waals surface area contributed by atoms with E-state index in [1.54, 1.807) is 12.4 Å². The van der Waals surface area contributed by atoms with Crippen molar-refractivity contribution in [1.29, 1.82) is 0 Å². The van der Waals surface area contributed by atoms with E-state index < -0.39 is 0 Å². The lowest BCUT2D eigenvalue weighted by atomic mass is 9.88. The molecular formula is C29H28N4O. The van der Waals surface area contributed by atoms with Crippen LogP contribution < -0.4 is 4.90 Å². The van der Waals surface area contributed by atoms with E-state index in [1.807, 2.05) is 13.0 Å². The molecule has 5 heteroatoms. The topological polar surface area (TPSA) is 55.1 Å². The molecule has 34 heavy (non-hydrogen) atoms. The fourth-order valence-corrected chi connectivity index (χ4v) is 5.40. The molecule has 4 heterocycles. The lowest BCUT2D eigenvalue weighted by molar-refractivity contribution is 0.415. The van der Waals surface area contributed by atoms with Gasteiger partial charge in [-0.25, -0.2) is 9.97 Å². The summed E-state index contributed by atoms with van der Waals surface area (Å²) in [6.07, 6.45) is 6.60. The second-order valence-corrected chi connectivity index (χ2v) is 9.44. The monoisotopic (exact) mass is 448 g/mol. The Balaban J connectivity index is 1.56. The smallest absolute Gasteiger partial charge is 0.227 e. The zero-order chi connectivity index (χ0) is 23.2. The van der Waals surface area contributed by atoms with Crippen LogP contribution in [0.4, 0.5) is 11.5 Å². The van der Waals surface area contributed by atoms with Gasteiger partial charge in [-0.15, -0.1) is 0 Å².